The van der Waals surface area contributed by atoms with Gasteiger partial charge in [0.25, 0.3) is 11.1 Å². The van der Waals surface area contributed by atoms with Crippen LogP contribution in [0.2, 0.25) is 0 Å². The highest BCUT2D eigenvalue weighted by Gasteiger charge is 2.32. The predicted molar refractivity (Wildman–Crippen MR) is 64.8 cm³/mol. The van der Waals surface area contributed by atoms with Crippen LogP contribution in [0.3, 0.4) is 0 Å². The van der Waals surface area contributed by atoms with Gasteiger partial charge in [0.1, 0.15) is 0 Å². The van der Waals surface area contributed by atoms with Gasteiger partial charge in [-0.15, -0.1) is 0 Å². The van der Waals surface area contributed by atoms with Gasteiger partial charge in [0, 0.05) is 17.7 Å². The Kier molecular flexibility index (Phi) is 3.28. The summed E-state index contributed by atoms with van der Waals surface area (Å²) in [7, 11) is 0. The Morgan fingerprint density at radius 1 is 1.24 bits per heavy atom. The van der Waals surface area contributed by atoms with E-state index in [4.69, 9.17) is 0 Å². The molecule has 3 amide bonds. The highest BCUT2D eigenvalue weighted by atomic mass is 32.2. The summed E-state index contributed by atoms with van der Waals surface area (Å²) in [6, 6.07) is 6.80. The fourth-order valence-electron chi connectivity index (χ4n) is 1.53. The maximum absolute atomic E-state index is 12.0. The topological polar surface area (TPSA) is 54.5 Å². The second kappa shape index (κ2) is 4.71. The van der Waals surface area contributed by atoms with E-state index in [1.54, 1.807) is 24.3 Å². The van der Waals surface area contributed by atoms with Crippen LogP contribution in [0.25, 0.3) is 0 Å². The Labute approximate surface area is 103 Å². The van der Waals surface area contributed by atoms with E-state index < -0.39 is 17.1 Å². The second-order valence-electron chi connectivity index (χ2n) is 3.76. The van der Waals surface area contributed by atoms with Gasteiger partial charge in [-0.3, -0.25) is 14.4 Å². The molecule has 0 N–H and O–H groups in total. The lowest BCUT2D eigenvalue weighted by Gasteiger charge is -2.22. The van der Waals surface area contributed by atoms with Crippen molar-refractivity contribution in [3.05, 3.63) is 35.4 Å². The molecule has 0 bridgehead atoms. The minimum Gasteiger partial charge on any atom is -0.274 e. The number of carbonyl (C=O) groups is 3. The summed E-state index contributed by atoms with van der Waals surface area (Å²) in [6.07, 6.45) is 0.230. The van der Waals surface area contributed by atoms with Crippen LogP contribution in [-0.2, 0) is 4.79 Å². The molecule has 0 atom stereocenters. The molecule has 17 heavy (non-hydrogen) atoms. The minimum atomic E-state index is -0.535. The van der Waals surface area contributed by atoms with Crippen LogP contribution in [-0.4, -0.2) is 27.7 Å². The quantitative estimate of drug-likeness (QED) is 0.716. The molecular weight excluding hydrogens is 238 g/mol. The van der Waals surface area contributed by atoms with Gasteiger partial charge in [-0.25, -0.2) is 4.90 Å². The van der Waals surface area contributed by atoms with E-state index in [0.717, 1.165) is 22.2 Å². The molecule has 1 aliphatic rings. The van der Waals surface area contributed by atoms with Gasteiger partial charge < -0.3 is 0 Å². The van der Waals surface area contributed by atoms with E-state index in [-0.39, 0.29) is 6.42 Å². The molecule has 1 aromatic rings. The van der Waals surface area contributed by atoms with Crippen LogP contribution >= 0.6 is 11.8 Å². The van der Waals surface area contributed by atoms with Crippen molar-refractivity contribution < 1.29 is 14.4 Å². The summed E-state index contributed by atoms with van der Waals surface area (Å²) in [4.78, 5) is 35.8. The number of hydrogen-bond donors (Lipinski definition) is 0. The summed E-state index contributed by atoms with van der Waals surface area (Å²) in [6.45, 7) is 1.90. The van der Waals surface area contributed by atoms with E-state index in [9.17, 15) is 14.4 Å². The molecule has 2 rings (SSSR count). The van der Waals surface area contributed by atoms with Gasteiger partial charge in [-0.1, -0.05) is 29.5 Å². The smallest absolute Gasteiger partial charge is 0.274 e. The van der Waals surface area contributed by atoms with E-state index in [2.05, 4.69) is 0 Å². The van der Waals surface area contributed by atoms with E-state index in [0.29, 0.717) is 11.3 Å². The number of benzene rings is 1. The normalized spacial score (nSPS) is 16.2. The lowest BCUT2D eigenvalue weighted by Crippen LogP contribution is -2.42. The first kappa shape index (κ1) is 11.9. The Morgan fingerprint density at radius 2 is 1.88 bits per heavy atom. The average Bonchev–Trinajstić information content (AvgIpc) is 2.29. The number of rotatable bonds is 1. The first-order valence-corrected chi connectivity index (χ1v) is 6.19. The zero-order chi connectivity index (χ0) is 12.4. The molecule has 0 spiro atoms. The van der Waals surface area contributed by atoms with Gasteiger partial charge in [-0.2, -0.15) is 0 Å². The predicted octanol–water partition coefficient (Wildman–Crippen LogP) is 2.22. The van der Waals surface area contributed by atoms with Crippen molar-refractivity contribution in [3.8, 4) is 0 Å². The molecule has 1 fully saturated rings. The van der Waals surface area contributed by atoms with Crippen LogP contribution in [0, 0.1) is 6.92 Å². The Morgan fingerprint density at radius 3 is 2.47 bits per heavy atom. The monoisotopic (exact) mass is 249 g/mol. The molecule has 4 nitrogen and oxygen atoms in total. The summed E-state index contributed by atoms with van der Waals surface area (Å²) in [5, 5.41) is -0.480. The van der Waals surface area contributed by atoms with Gasteiger partial charge in [0.05, 0.1) is 0 Å². The Bertz CT molecular complexity index is 465. The number of carbonyl (C=O) groups excluding carboxylic acids is 3. The summed E-state index contributed by atoms with van der Waals surface area (Å²) >= 11 is 1.00. The first-order valence-electron chi connectivity index (χ1n) is 5.20. The van der Waals surface area contributed by atoms with Gasteiger partial charge in [-0.05, 0) is 19.1 Å². The van der Waals surface area contributed by atoms with E-state index in [1.165, 1.54) is 0 Å². The first-order chi connectivity index (χ1) is 8.09. The molecule has 0 unspecified atom stereocenters. The van der Waals surface area contributed by atoms with Crippen LogP contribution in [0.4, 0.5) is 4.79 Å². The number of aryl methyl sites for hydroxylation is 1. The Hall–Kier alpha value is -1.62. The second-order valence-corrected chi connectivity index (χ2v) is 4.81. The lowest BCUT2D eigenvalue weighted by atomic mass is 10.1. The molecule has 0 aromatic heterocycles. The number of nitrogens with zero attached hydrogens (tertiary/aromatic N) is 1. The lowest BCUT2D eigenvalue weighted by molar-refractivity contribution is -0.125. The van der Waals surface area contributed by atoms with Crippen LogP contribution < -0.4 is 0 Å². The van der Waals surface area contributed by atoms with Crippen molar-refractivity contribution in [1.82, 2.24) is 4.90 Å². The third-order valence-corrected chi connectivity index (χ3v) is 3.31. The van der Waals surface area contributed by atoms with Gasteiger partial charge >= 0.3 is 0 Å². The minimum absolute atomic E-state index is 0.230. The number of hydrogen-bond acceptors (Lipinski definition) is 4. The van der Waals surface area contributed by atoms with E-state index >= 15 is 0 Å². The molecule has 1 aromatic carbocycles. The maximum Gasteiger partial charge on any atom is 0.295 e. The molecule has 1 aliphatic heterocycles. The van der Waals surface area contributed by atoms with Crippen LogP contribution in [0.5, 0.6) is 0 Å². The molecule has 1 saturated heterocycles. The van der Waals surface area contributed by atoms with Crippen molar-refractivity contribution in [1.29, 1.82) is 0 Å². The average molecular weight is 249 g/mol. The highest BCUT2D eigenvalue weighted by molar-refractivity contribution is 8.13. The molecule has 5 heteroatoms. The zero-order valence-electron chi connectivity index (χ0n) is 9.30. The van der Waals surface area contributed by atoms with Gasteiger partial charge in [0.15, 0.2) is 0 Å². The summed E-state index contributed by atoms with van der Waals surface area (Å²) < 4.78 is 0. The zero-order valence-corrected chi connectivity index (χ0v) is 10.1. The molecule has 0 radical (unpaired) electrons. The van der Waals surface area contributed by atoms with Crippen LogP contribution in [0.1, 0.15) is 22.3 Å². The fraction of sp³-hybridized carbons (Fsp3) is 0.250. The summed E-state index contributed by atoms with van der Waals surface area (Å²) in [5.74, 6) is -0.499. The van der Waals surface area contributed by atoms with Crippen molar-refractivity contribution in [2.75, 3.05) is 5.75 Å². The number of amides is 3. The van der Waals surface area contributed by atoms with Crippen molar-refractivity contribution in [2.24, 2.45) is 0 Å². The third kappa shape index (κ3) is 2.39. The molecular formula is C12H11NO3S. The molecule has 0 aliphatic carbocycles. The molecule has 0 saturated carbocycles. The fourth-order valence-corrected chi connectivity index (χ4v) is 2.29. The summed E-state index contributed by atoms with van der Waals surface area (Å²) in [5.41, 5.74) is 1.38. The van der Waals surface area contributed by atoms with Crippen molar-refractivity contribution in [2.45, 2.75) is 13.3 Å². The molecule has 88 valence electrons. The highest BCUT2D eigenvalue weighted by Crippen LogP contribution is 2.20. The number of thioether (sulfide) groups is 1. The third-order valence-electron chi connectivity index (χ3n) is 2.48. The van der Waals surface area contributed by atoms with Gasteiger partial charge in [0.2, 0.25) is 5.91 Å². The number of imide groups is 3. The Balaban J connectivity index is 2.27. The maximum atomic E-state index is 12.0. The SMILES string of the molecule is Cc1ccc(C(=O)N2C(=O)CCSC2=O)cc1. The largest absolute Gasteiger partial charge is 0.295 e. The molecule has 1 heterocycles. The van der Waals surface area contributed by atoms with Crippen molar-refractivity contribution in [3.63, 3.8) is 0 Å². The standard InChI is InChI=1S/C12H11NO3S/c1-8-2-4-9(5-3-8)11(15)13-10(14)6-7-17-12(13)16/h2-5H,6-7H2,1H3. The van der Waals surface area contributed by atoms with Crippen molar-refractivity contribution >= 4 is 28.8 Å². The van der Waals surface area contributed by atoms with E-state index in [1.807, 2.05) is 6.92 Å². The van der Waals surface area contributed by atoms with Crippen LogP contribution in [0.15, 0.2) is 24.3 Å².